The summed E-state index contributed by atoms with van der Waals surface area (Å²) < 4.78 is 3.46. The number of H-pyrrole nitrogens is 2. The topological polar surface area (TPSA) is 180 Å². The van der Waals surface area contributed by atoms with Crippen molar-refractivity contribution in [1.82, 2.24) is 29.7 Å². The molecule has 12 nitrogen and oxygen atoms in total. The van der Waals surface area contributed by atoms with E-state index in [0.717, 1.165) is 53.0 Å². The van der Waals surface area contributed by atoms with Crippen molar-refractivity contribution in [1.29, 1.82) is 0 Å². The van der Waals surface area contributed by atoms with Gasteiger partial charge in [0.1, 0.15) is 0 Å². The zero-order valence-electron chi connectivity index (χ0n) is 24.7. The van der Waals surface area contributed by atoms with Gasteiger partial charge in [-0.3, -0.25) is 9.13 Å². The van der Waals surface area contributed by atoms with E-state index in [0.29, 0.717) is 25.2 Å². The molecule has 42 heavy (non-hydrogen) atoms. The number of nitrogens with zero attached hydrogens (tertiary/aromatic N) is 2. The first kappa shape index (κ1) is 31.2. The normalized spacial score (nSPS) is 21.4. The summed E-state index contributed by atoms with van der Waals surface area (Å²) in [5.74, 6) is -1.08. The molecule has 4 atom stereocenters. The molecule has 0 fully saturated rings. The van der Waals surface area contributed by atoms with Crippen molar-refractivity contribution >= 4 is 28.0 Å². The highest BCUT2D eigenvalue weighted by Crippen LogP contribution is 2.31. The zero-order chi connectivity index (χ0) is 30.7. The average Bonchev–Trinajstić information content (AvgIpc) is 3.31. The van der Waals surface area contributed by atoms with Gasteiger partial charge in [-0.15, -0.1) is 0 Å². The lowest BCUT2D eigenvalue weighted by atomic mass is 9.99. The standard InChI is InChI=1S/2C14H19N3O2.C2H4O2/c2*1-8(2)15-11-6-7-17-12-9(13(11)18)4-3-5-10(12)16-14(17)19;1-2(3)4/h2*3-5,8,11,13,15,18H,6-7H2,1-2H3,(H,16,19);1H3,(H,3,4)/p-1. The number of hydrogen-bond acceptors (Lipinski definition) is 8. The first-order valence-corrected chi connectivity index (χ1v) is 14.4. The average molecular weight is 582 g/mol. The molecule has 4 unspecified atom stereocenters. The molecule has 2 aliphatic heterocycles. The number of para-hydroxylation sites is 2. The Morgan fingerprint density at radius 1 is 0.810 bits per heavy atom. The summed E-state index contributed by atoms with van der Waals surface area (Å²) in [6, 6.07) is 11.9. The fourth-order valence-corrected chi connectivity index (χ4v) is 5.89. The largest absolute Gasteiger partial charge is 0.550 e. The summed E-state index contributed by atoms with van der Waals surface area (Å²) >= 11 is 0. The fourth-order valence-electron chi connectivity index (χ4n) is 5.89. The maximum atomic E-state index is 11.9. The van der Waals surface area contributed by atoms with Crippen LogP contribution in [0.1, 0.15) is 70.8 Å². The molecule has 4 aromatic rings. The van der Waals surface area contributed by atoms with Gasteiger partial charge in [0.25, 0.3) is 0 Å². The Labute approximate surface area is 243 Å². The number of nitrogens with one attached hydrogen (secondary N) is 4. The van der Waals surface area contributed by atoms with E-state index in [4.69, 9.17) is 9.90 Å². The highest BCUT2D eigenvalue weighted by Gasteiger charge is 2.29. The number of aryl methyl sites for hydroxylation is 2. The van der Waals surface area contributed by atoms with Crippen molar-refractivity contribution in [3.63, 3.8) is 0 Å². The van der Waals surface area contributed by atoms with Crippen LogP contribution < -0.4 is 27.1 Å². The van der Waals surface area contributed by atoms with Crippen LogP contribution in [0.2, 0.25) is 0 Å². The van der Waals surface area contributed by atoms with Crippen LogP contribution in [0, 0.1) is 0 Å². The lowest BCUT2D eigenvalue weighted by molar-refractivity contribution is -0.302. The van der Waals surface area contributed by atoms with Crippen LogP contribution in [0.5, 0.6) is 0 Å². The van der Waals surface area contributed by atoms with Gasteiger partial charge in [-0.2, -0.15) is 0 Å². The Morgan fingerprint density at radius 2 is 1.17 bits per heavy atom. The molecule has 4 heterocycles. The fraction of sp³-hybridized carbons (Fsp3) is 0.500. The molecular weight excluding hydrogens is 540 g/mol. The Morgan fingerprint density at radius 3 is 1.50 bits per heavy atom. The number of imidazole rings is 2. The van der Waals surface area contributed by atoms with E-state index in [-0.39, 0.29) is 23.5 Å². The maximum absolute atomic E-state index is 11.9. The predicted molar refractivity (Wildman–Crippen MR) is 159 cm³/mol. The van der Waals surface area contributed by atoms with Crippen LogP contribution in [0.25, 0.3) is 22.1 Å². The summed E-state index contributed by atoms with van der Waals surface area (Å²) in [6.45, 7) is 10.5. The third kappa shape index (κ3) is 6.67. The molecule has 0 bridgehead atoms. The maximum Gasteiger partial charge on any atom is 0.326 e. The van der Waals surface area contributed by atoms with Crippen LogP contribution in [0.15, 0.2) is 46.0 Å². The summed E-state index contributed by atoms with van der Waals surface area (Å²) in [7, 11) is 0. The second-order valence-electron chi connectivity index (χ2n) is 11.5. The van der Waals surface area contributed by atoms with Crippen molar-refractivity contribution in [2.45, 2.75) is 96.9 Å². The van der Waals surface area contributed by atoms with E-state index in [1.807, 2.05) is 36.4 Å². The van der Waals surface area contributed by atoms with Crippen LogP contribution in [0.3, 0.4) is 0 Å². The van der Waals surface area contributed by atoms with Gasteiger partial charge in [0.2, 0.25) is 0 Å². The molecule has 0 spiro atoms. The van der Waals surface area contributed by atoms with Crippen molar-refractivity contribution in [3.8, 4) is 0 Å². The van der Waals surface area contributed by atoms with E-state index in [9.17, 15) is 19.8 Å². The van der Waals surface area contributed by atoms with E-state index >= 15 is 0 Å². The number of benzene rings is 2. The van der Waals surface area contributed by atoms with Crippen molar-refractivity contribution in [2.24, 2.45) is 0 Å². The monoisotopic (exact) mass is 581 g/mol. The molecule has 6 N–H and O–H groups in total. The molecule has 0 saturated heterocycles. The number of carbonyl (C=O) groups is 1. The molecule has 2 aromatic heterocycles. The van der Waals surface area contributed by atoms with Gasteiger partial charge in [0, 0.05) is 54.4 Å². The van der Waals surface area contributed by atoms with Crippen molar-refractivity contribution in [3.05, 3.63) is 68.5 Å². The minimum absolute atomic E-state index is 0.0232. The summed E-state index contributed by atoms with van der Waals surface area (Å²) in [6.07, 6.45) is 0.298. The van der Waals surface area contributed by atoms with Crippen molar-refractivity contribution in [2.75, 3.05) is 0 Å². The van der Waals surface area contributed by atoms with Gasteiger partial charge in [0.05, 0.1) is 34.3 Å². The van der Waals surface area contributed by atoms with Gasteiger partial charge in [0.15, 0.2) is 0 Å². The van der Waals surface area contributed by atoms with E-state index in [1.54, 1.807) is 9.13 Å². The van der Waals surface area contributed by atoms with Gasteiger partial charge < -0.3 is 40.7 Å². The number of aliphatic hydroxyl groups is 2. The molecule has 0 radical (unpaired) electrons. The molecule has 0 saturated carbocycles. The molecular formula is C30H41N6O6-. The smallest absolute Gasteiger partial charge is 0.326 e. The second kappa shape index (κ2) is 13.1. The van der Waals surface area contributed by atoms with Crippen LogP contribution in [-0.2, 0) is 17.9 Å². The third-order valence-corrected chi connectivity index (χ3v) is 7.47. The number of aromatic amines is 2. The molecule has 228 valence electrons. The predicted octanol–water partition coefficient (Wildman–Crippen LogP) is 1.02. The number of carboxylic acids is 1. The van der Waals surface area contributed by atoms with Crippen LogP contribution in [0.4, 0.5) is 0 Å². The number of carbonyl (C=O) groups excluding carboxylic acids is 1. The minimum atomic E-state index is -1.08. The number of aliphatic carboxylic acids is 1. The first-order chi connectivity index (χ1) is 19.9. The highest BCUT2D eigenvalue weighted by atomic mass is 16.4. The van der Waals surface area contributed by atoms with Gasteiger partial charge in [-0.1, -0.05) is 52.0 Å². The van der Waals surface area contributed by atoms with Gasteiger partial charge >= 0.3 is 11.4 Å². The molecule has 0 amide bonds. The first-order valence-electron chi connectivity index (χ1n) is 14.4. The summed E-state index contributed by atoms with van der Waals surface area (Å²) in [5.41, 5.74) is 4.73. The quantitative estimate of drug-likeness (QED) is 0.207. The summed E-state index contributed by atoms with van der Waals surface area (Å²) in [4.78, 5) is 38.5. The minimum Gasteiger partial charge on any atom is -0.550 e. The van der Waals surface area contributed by atoms with E-state index in [2.05, 4.69) is 48.3 Å². The number of aliphatic hydroxyl groups excluding tert-OH is 2. The molecule has 12 heteroatoms. The Hall–Kier alpha value is -3.71. The van der Waals surface area contributed by atoms with Gasteiger partial charge in [-0.25, -0.2) is 9.59 Å². The van der Waals surface area contributed by atoms with E-state index < -0.39 is 18.2 Å². The van der Waals surface area contributed by atoms with E-state index in [1.165, 1.54) is 0 Å². The molecule has 2 aliphatic rings. The van der Waals surface area contributed by atoms with Crippen molar-refractivity contribution < 1.29 is 20.1 Å². The second-order valence-corrected chi connectivity index (χ2v) is 11.5. The molecule has 2 aromatic carbocycles. The third-order valence-electron chi connectivity index (χ3n) is 7.47. The molecule has 6 rings (SSSR count). The lowest BCUT2D eigenvalue weighted by Gasteiger charge is -2.24. The van der Waals surface area contributed by atoms with Gasteiger partial charge in [-0.05, 0) is 31.9 Å². The number of aromatic nitrogens is 4. The number of hydrogen-bond donors (Lipinski definition) is 6. The summed E-state index contributed by atoms with van der Waals surface area (Å²) in [5, 5.41) is 36.8. The Kier molecular flexibility index (Phi) is 9.72. The van der Waals surface area contributed by atoms with Crippen LogP contribution >= 0.6 is 0 Å². The number of rotatable bonds is 4. The number of carboxylic acid groups (broad SMARTS) is 1. The zero-order valence-corrected chi connectivity index (χ0v) is 24.7. The molecule has 0 aliphatic carbocycles. The Bertz CT molecular complexity index is 1530. The lowest BCUT2D eigenvalue weighted by Crippen LogP contribution is -2.39. The SMILES string of the molecule is CC(=O)[O-].CC(C)NC1CCn2c(=O)[nH]c3cccc(c32)C1O.CC(C)NC1CCn2c(=O)[nH]c3cccc(c32)C1O. The highest BCUT2D eigenvalue weighted by molar-refractivity contribution is 5.80. The Balaban J connectivity index is 0.000000171. The van der Waals surface area contributed by atoms with Crippen LogP contribution in [-0.4, -0.2) is 59.5 Å².